The molecule has 0 aliphatic rings. The molecule has 2 N–H and O–H groups in total. The molecule has 0 atom stereocenters. The molecule has 0 fully saturated rings. The topological polar surface area (TPSA) is 90.6 Å². The van der Waals surface area contributed by atoms with Crippen LogP contribution in [0.2, 0.25) is 0 Å². The summed E-state index contributed by atoms with van der Waals surface area (Å²) in [7, 11) is 1.34. The molecule has 3 aromatic carbocycles. The molecule has 0 spiro atoms. The van der Waals surface area contributed by atoms with Crippen molar-refractivity contribution in [1.29, 1.82) is 0 Å². The Labute approximate surface area is 180 Å². The highest BCUT2D eigenvalue weighted by molar-refractivity contribution is 5.96. The van der Waals surface area contributed by atoms with Crippen LogP contribution in [0.1, 0.15) is 17.3 Å². The van der Waals surface area contributed by atoms with Crippen LogP contribution in [0.5, 0.6) is 11.6 Å². The summed E-state index contributed by atoms with van der Waals surface area (Å²) in [6, 6.07) is 20.9. The number of fused-ring (bicyclic) bond motifs is 1. The summed E-state index contributed by atoms with van der Waals surface area (Å²) >= 11 is 0. The van der Waals surface area contributed by atoms with Crippen LogP contribution in [0.15, 0.2) is 73.1 Å². The number of hydrogen-bond donors (Lipinski definition) is 1. The van der Waals surface area contributed by atoms with Gasteiger partial charge in [0.15, 0.2) is 5.82 Å². The molecule has 7 heteroatoms. The number of rotatable bonds is 6. The van der Waals surface area contributed by atoms with Crippen LogP contribution in [0, 0.1) is 0 Å². The molecular weight excluding hydrogens is 392 g/mol. The number of carbonyl (C=O) groups excluding carboxylic acids is 1. The van der Waals surface area contributed by atoms with Gasteiger partial charge in [0, 0.05) is 11.9 Å². The molecule has 0 bridgehead atoms. The number of esters is 1. The fourth-order valence-electron chi connectivity index (χ4n) is 3.43. The zero-order valence-electron chi connectivity index (χ0n) is 17.3. The largest absolute Gasteiger partial charge is 0.465 e. The maximum Gasteiger partial charge on any atom is 0.337 e. The molecule has 0 saturated heterocycles. The third kappa shape index (κ3) is 3.98. The van der Waals surface area contributed by atoms with Gasteiger partial charge in [0.25, 0.3) is 0 Å². The highest BCUT2D eigenvalue weighted by Gasteiger charge is 2.19. The second kappa shape index (κ2) is 8.71. The normalized spacial score (nSPS) is 10.6. The number of anilines is 3. The first-order chi connectivity index (χ1) is 15.1. The Morgan fingerprint density at radius 2 is 1.74 bits per heavy atom. The van der Waals surface area contributed by atoms with Gasteiger partial charge in [0.2, 0.25) is 5.88 Å². The number of benzene rings is 3. The van der Waals surface area contributed by atoms with Gasteiger partial charge in [-0.05, 0) is 42.6 Å². The quantitative estimate of drug-likeness (QED) is 0.446. The SMILES string of the molecule is CCN(c1ncnc(Oc2ccc(C(=O)OC)cc2)c1N)c1cccc2ccccc12. The molecule has 31 heavy (non-hydrogen) atoms. The van der Waals surface area contributed by atoms with Gasteiger partial charge in [-0.25, -0.2) is 9.78 Å². The van der Waals surface area contributed by atoms with Crippen LogP contribution >= 0.6 is 0 Å². The van der Waals surface area contributed by atoms with Crippen molar-refractivity contribution >= 4 is 33.9 Å². The Kier molecular flexibility index (Phi) is 5.66. The van der Waals surface area contributed by atoms with Crippen LogP contribution in [0.3, 0.4) is 0 Å². The van der Waals surface area contributed by atoms with Gasteiger partial charge in [0.05, 0.1) is 18.4 Å². The van der Waals surface area contributed by atoms with Gasteiger partial charge in [0.1, 0.15) is 17.8 Å². The van der Waals surface area contributed by atoms with Gasteiger partial charge in [-0.3, -0.25) is 0 Å². The Bertz CT molecular complexity index is 1220. The lowest BCUT2D eigenvalue weighted by atomic mass is 10.1. The van der Waals surface area contributed by atoms with Crippen molar-refractivity contribution in [3.05, 3.63) is 78.6 Å². The first-order valence-corrected chi connectivity index (χ1v) is 9.84. The van der Waals surface area contributed by atoms with Gasteiger partial charge in [-0.15, -0.1) is 0 Å². The van der Waals surface area contributed by atoms with Crippen molar-refractivity contribution in [3.63, 3.8) is 0 Å². The monoisotopic (exact) mass is 414 g/mol. The van der Waals surface area contributed by atoms with E-state index in [-0.39, 0.29) is 5.88 Å². The number of carbonyl (C=O) groups is 1. The van der Waals surface area contributed by atoms with Crippen LogP contribution in [-0.2, 0) is 4.74 Å². The van der Waals surface area contributed by atoms with Gasteiger partial charge >= 0.3 is 5.97 Å². The van der Waals surface area contributed by atoms with Crippen LogP contribution in [0.25, 0.3) is 10.8 Å². The Morgan fingerprint density at radius 1 is 1.00 bits per heavy atom. The first-order valence-electron chi connectivity index (χ1n) is 9.84. The molecular formula is C24H22N4O3. The lowest BCUT2D eigenvalue weighted by Gasteiger charge is -2.25. The number of ether oxygens (including phenoxy) is 2. The second-order valence-electron chi connectivity index (χ2n) is 6.78. The maximum absolute atomic E-state index is 11.6. The summed E-state index contributed by atoms with van der Waals surface area (Å²) in [5, 5.41) is 2.24. The van der Waals surface area contributed by atoms with Crippen LogP contribution in [-0.4, -0.2) is 29.6 Å². The Morgan fingerprint density at radius 3 is 2.48 bits per heavy atom. The zero-order valence-corrected chi connectivity index (χ0v) is 17.3. The van der Waals surface area contributed by atoms with Crippen molar-refractivity contribution in [2.75, 3.05) is 24.3 Å². The third-order valence-corrected chi connectivity index (χ3v) is 4.95. The lowest BCUT2D eigenvalue weighted by molar-refractivity contribution is 0.0600. The molecule has 1 heterocycles. The van der Waals surface area contributed by atoms with Crippen molar-refractivity contribution in [2.24, 2.45) is 0 Å². The molecule has 156 valence electrons. The van der Waals surface area contributed by atoms with E-state index in [9.17, 15) is 4.79 Å². The molecule has 1 aromatic heterocycles. The predicted octanol–water partition coefficient (Wildman–Crippen LogP) is 4.95. The summed E-state index contributed by atoms with van der Waals surface area (Å²) in [6.45, 7) is 2.69. The van der Waals surface area contributed by atoms with E-state index in [0.29, 0.717) is 29.4 Å². The van der Waals surface area contributed by atoms with E-state index in [0.717, 1.165) is 16.5 Å². The first kappa shape index (κ1) is 20.2. The number of hydrogen-bond acceptors (Lipinski definition) is 7. The average Bonchev–Trinajstić information content (AvgIpc) is 2.82. The zero-order chi connectivity index (χ0) is 21.8. The van der Waals surface area contributed by atoms with Crippen LogP contribution < -0.4 is 15.4 Å². The minimum absolute atomic E-state index is 0.245. The second-order valence-corrected chi connectivity index (χ2v) is 6.78. The van der Waals surface area contributed by atoms with E-state index < -0.39 is 5.97 Å². The molecule has 0 amide bonds. The minimum atomic E-state index is -0.413. The Balaban J connectivity index is 1.68. The average molecular weight is 414 g/mol. The molecule has 0 aliphatic carbocycles. The van der Waals surface area contributed by atoms with E-state index in [1.807, 2.05) is 36.1 Å². The summed E-state index contributed by atoms with van der Waals surface area (Å²) in [5.74, 6) is 0.894. The van der Waals surface area contributed by atoms with Crippen molar-refractivity contribution in [1.82, 2.24) is 9.97 Å². The van der Waals surface area contributed by atoms with Crippen molar-refractivity contribution in [3.8, 4) is 11.6 Å². The lowest BCUT2D eigenvalue weighted by Crippen LogP contribution is -2.19. The highest BCUT2D eigenvalue weighted by atomic mass is 16.5. The summed E-state index contributed by atoms with van der Waals surface area (Å²) < 4.78 is 10.6. The van der Waals surface area contributed by atoms with E-state index in [1.165, 1.54) is 13.4 Å². The molecule has 4 aromatic rings. The fraction of sp³-hybridized carbons (Fsp3) is 0.125. The highest BCUT2D eigenvalue weighted by Crippen LogP contribution is 2.37. The standard InChI is InChI=1S/C24H22N4O3/c1-3-28(20-10-6-8-16-7-4-5-9-19(16)20)22-21(25)23(27-15-26-22)31-18-13-11-17(12-14-18)24(29)30-2/h4-15H,3,25H2,1-2H3. The fourth-order valence-corrected chi connectivity index (χ4v) is 3.43. The molecule has 0 radical (unpaired) electrons. The number of nitrogen functional groups attached to an aromatic ring is 1. The molecule has 0 aliphatic heterocycles. The molecule has 0 saturated carbocycles. The molecule has 7 nitrogen and oxygen atoms in total. The number of methoxy groups -OCH3 is 1. The summed E-state index contributed by atoms with van der Waals surface area (Å²) in [6.07, 6.45) is 1.43. The minimum Gasteiger partial charge on any atom is -0.465 e. The number of aromatic nitrogens is 2. The van der Waals surface area contributed by atoms with E-state index in [1.54, 1.807) is 24.3 Å². The van der Waals surface area contributed by atoms with Gasteiger partial charge in [-0.1, -0.05) is 36.4 Å². The number of nitrogens with two attached hydrogens (primary N) is 1. The van der Waals surface area contributed by atoms with E-state index in [4.69, 9.17) is 15.2 Å². The van der Waals surface area contributed by atoms with Gasteiger partial charge in [-0.2, -0.15) is 4.98 Å². The van der Waals surface area contributed by atoms with Crippen LogP contribution in [0.4, 0.5) is 17.2 Å². The van der Waals surface area contributed by atoms with Crippen molar-refractivity contribution in [2.45, 2.75) is 6.92 Å². The maximum atomic E-state index is 11.6. The van der Waals surface area contributed by atoms with Gasteiger partial charge < -0.3 is 20.1 Å². The van der Waals surface area contributed by atoms with E-state index >= 15 is 0 Å². The van der Waals surface area contributed by atoms with E-state index in [2.05, 4.69) is 28.2 Å². The summed E-state index contributed by atoms with van der Waals surface area (Å²) in [5.41, 5.74) is 8.18. The van der Waals surface area contributed by atoms with Crippen molar-refractivity contribution < 1.29 is 14.3 Å². The molecule has 0 unspecified atom stereocenters. The molecule has 4 rings (SSSR count). The predicted molar refractivity (Wildman–Crippen MR) is 121 cm³/mol. The summed E-state index contributed by atoms with van der Waals surface area (Å²) in [4.78, 5) is 22.3. The third-order valence-electron chi connectivity index (χ3n) is 4.95. The Hall–Kier alpha value is -4.13. The smallest absolute Gasteiger partial charge is 0.337 e. The number of nitrogens with zero attached hydrogens (tertiary/aromatic N) is 3.